The predicted molar refractivity (Wildman–Crippen MR) is 39.4 cm³/mol. The molecule has 1 fully saturated rings. The lowest BCUT2D eigenvalue weighted by Crippen LogP contribution is -2.15. The van der Waals surface area contributed by atoms with Gasteiger partial charge in [0.25, 0.3) is 0 Å². The monoisotopic (exact) mass is 184 g/mol. The molecule has 0 spiro atoms. The second-order valence-electron chi connectivity index (χ2n) is 2.21. The van der Waals surface area contributed by atoms with Crippen molar-refractivity contribution in [3.05, 3.63) is 0 Å². The van der Waals surface area contributed by atoms with Gasteiger partial charge in [-0.05, 0) is 13.0 Å². The maximum atomic E-state index is 10.2. The SMILES string of the molecule is N.O=P(O)(O)OC1CCNC1. The third-order valence-corrected chi connectivity index (χ3v) is 1.87. The molecule has 1 aliphatic heterocycles. The highest BCUT2D eigenvalue weighted by molar-refractivity contribution is 7.46. The molecular weight excluding hydrogens is 171 g/mol. The summed E-state index contributed by atoms with van der Waals surface area (Å²) in [6.45, 7) is 1.30. The first-order chi connectivity index (χ1) is 4.58. The standard InChI is InChI=1S/C4H10NO4P.H3N/c6-10(7,8)9-4-1-2-5-3-4;/h4-5H,1-3H2,(H2,6,7,8);1H3. The Morgan fingerprint density at radius 2 is 2.18 bits per heavy atom. The van der Waals surface area contributed by atoms with Crippen LogP contribution < -0.4 is 11.5 Å². The number of rotatable bonds is 2. The molecule has 1 atom stereocenters. The van der Waals surface area contributed by atoms with E-state index in [2.05, 4.69) is 9.84 Å². The van der Waals surface area contributed by atoms with Crippen LogP contribution in [0.5, 0.6) is 0 Å². The van der Waals surface area contributed by atoms with Gasteiger partial charge < -0.3 is 21.3 Å². The lowest BCUT2D eigenvalue weighted by atomic mass is 10.3. The van der Waals surface area contributed by atoms with Crippen LogP contribution in [0, 0.1) is 0 Å². The van der Waals surface area contributed by atoms with Crippen LogP contribution in [0.3, 0.4) is 0 Å². The lowest BCUT2D eigenvalue weighted by Gasteiger charge is -2.09. The van der Waals surface area contributed by atoms with Gasteiger partial charge in [0.05, 0.1) is 6.10 Å². The molecular formula is C4H13N2O4P. The zero-order valence-corrected chi connectivity index (χ0v) is 6.96. The quantitative estimate of drug-likeness (QED) is 0.435. The van der Waals surface area contributed by atoms with E-state index in [1.165, 1.54) is 0 Å². The lowest BCUT2D eigenvalue weighted by molar-refractivity contribution is 0.145. The molecule has 1 aliphatic rings. The molecule has 1 saturated heterocycles. The van der Waals surface area contributed by atoms with E-state index in [9.17, 15) is 4.57 Å². The summed E-state index contributed by atoms with van der Waals surface area (Å²) in [5, 5.41) is 2.93. The van der Waals surface area contributed by atoms with E-state index in [4.69, 9.17) is 9.79 Å². The molecule has 1 unspecified atom stereocenters. The van der Waals surface area contributed by atoms with Crippen LogP contribution >= 0.6 is 7.82 Å². The van der Waals surface area contributed by atoms with Gasteiger partial charge in [-0.25, -0.2) is 4.57 Å². The van der Waals surface area contributed by atoms with E-state index in [0.717, 1.165) is 6.54 Å². The van der Waals surface area contributed by atoms with Gasteiger partial charge in [0.15, 0.2) is 0 Å². The Morgan fingerprint density at radius 3 is 2.55 bits per heavy atom. The maximum Gasteiger partial charge on any atom is 0.469 e. The molecule has 0 bridgehead atoms. The second kappa shape index (κ2) is 4.15. The second-order valence-corrected chi connectivity index (χ2v) is 3.40. The van der Waals surface area contributed by atoms with E-state index in [-0.39, 0.29) is 12.3 Å². The van der Waals surface area contributed by atoms with Crippen LogP contribution in [0.4, 0.5) is 0 Å². The molecule has 0 aromatic rings. The average Bonchev–Trinajstić information content (AvgIpc) is 2.12. The van der Waals surface area contributed by atoms with Crippen LogP contribution in [0.25, 0.3) is 0 Å². The van der Waals surface area contributed by atoms with Gasteiger partial charge in [-0.2, -0.15) is 0 Å². The van der Waals surface area contributed by atoms with Crippen molar-refractivity contribution in [1.29, 1.82) is 0 Å². The highest BCUT2D eigenvalue weighted by Gasteiger charge is 2.24. The number of hydrogen-bond acceptors (Lipinski definition) is 4. The fourth-order valence-corrected chi connectivity index (χ4v) is 1.48. The summed E-state index contributed by atoms with van der Waals surface area (Å²) in [4.78, 5) is 16.7. The molecule has 1 heterocycles. The smallest absolute Gasteiger partial charge is 0.344 e. The highest BCUT2D eigenvalue weighted by atomic mass is 31.2. The Hall–Kier alpha value is 0.0300. The molecule has 0 aromatic carbocycles. The maximum absolute atomic E-state index is 10.2. The van der Waals surface area contributed by atoms with E-state index in [1.54, 1.807) is 0 Å². The third kappa shape index (κ3) is 4.47. The minimum atomic E-state index is -4.25. The van der Waals surface area contributed by atoms with Crippen molar-refractivity contribution in [2.45, 2.75) is 12.5 Å². The van der Waals surface area contributed by atoms with Gasteiger partial charge >= 0.3 is 7.82 Å². The fraction of sp³-hybridized carbons (Fsp3) is 1.00. The van der Waals surface area contributed by atoms with Gasteiger partial charge in [0.2, 0.25) is 0 Å². The fourth-order valence-electron chi connectivity index (χ4n) is 0.912. The number of phosphoric ester groups is 1. The average molecular weight is 184 g/mol. The zero-order valence-electron chi connectivity index (χ0n) is 6.06. The molecule has 0 aromatic heterocycles. The summed E-state index contributed by atoms with van der Waals surface area (Å²) in [7, 11) is -4.25. The number of hydrogen-bond donors (Lipinski definition) is 4. The molecule has 0 aliphatic carbocycles. The normalized spacial score (nSPS) is 24.7. The minimum Gasteiger partial charge on any atom is -0.344 e. The molecule has 6 N–H and O–H groups in total. The largest absolute Gasteiger partial charge is 0.469 e. The topological polar surface area (TPSA) is 114 Å². The summed E-state index contributed by atoms with van der Waals surface area (Å²) >= 11 is 0. The number of phosphoric acid groups is 1. The molecule has 0 radical (unpaired) electrons. The molecule has 6 nitrogen and oxygen atoms in total. The first-order valence-electron chi connectivity index (χ1n) is 3.02. The molecule has 0 saturated carbocycles. The molecule has 0 amide bonds. The van der Waals surface area contributed by atoms with Crippen molar-refractivity contribution in [3.63, 3.8) is 0 Å². The Balaban J connectivity index is 0.000001000. The predicted octanol–water partition coefficient (Wildman–Crippen LogP) is -0.380. The molecule has 1 rings (SSSR count). The first kappa shape index (κ1) is 11.0. The van der Waals surface area contributed by atoms with Crippen LogP contribution in [-0.2, 0) is 9.09 Å². The van der Waals surface area contributed by atoms with Gasteiger partial charge in [0, 0.05) is 6.54 Å². The van der Waals surface area contributed by atoms with Crippen LogP contribution in [0.15, 0.2) is 0 Å². The van der Waals surface area contributed by atoms with Gasteiger partial charge in [0.1, 0.15) is 0 Å². The van der Waals surface area contributed by atoms with Crippen molar-refractivity contribution < 1.29 is 18.9 Å². The molecule has 7 heteroatoms. The van der Waals surface area contributed by atoms with Crippen LogP contribution in [0.2, 0.25) is 0 Å². The Labute approximate surface area is 64.8 Å². The van der Waals surface area contributed by atoms with E-state index in [1.807, 2.05) is 0 Å². The zero-order chi connectivity index (χ0) is 7.61. The summed E-state index contributed by atoms with van der Waals surface area (Å²) in [6.07, 6.45) is 0.353. The summed E-state index contributed by atoms with van der Waals surface area (Å²) in [6, 6.07) is 0. The third-order valence-electron chi connectivity index (χ3n) is 1.30. The Kier molecular flexibility index (Phi) is 4.17. The van der Waals surface area contributed by atoms with Crippen LogP contribution in [-0.4, -0.2) is 29.0 Å². The molecule has 11 heavy (non-hydrogen) atoms. The van der Waals surface area contributed by atoms with E-state index in [0.29, 0.717) is 13.0 Å². The Morgan fingerprint density at radius 1 is 1.55 bits per heavy atom. The van der Waals surface area contributed by atoms with Crippen molar-refractivity contribution in [2.24, 2.45) is 0 Å². The van der Waals surface area contributed by atoms with Gasteiger partial charge in [-0.3, -0.25) is 4.52 Å². The van der Waals surface area contributed by atoms with Crippen molar-refractivity contribution in [1.82, 2.24) is 11.5 Å². The highest BCUT2D eigenvalue weighted by Crippen LogP contribution is 2.38. The van der Waals surface area contributed by atoms with Crippen molar-refractivity contribution in [3.8, 4) is 0 Å². The summed E-state index contributed by atoms with van der Waals surface area (Å²) in [5.41, 5.74) is 0. The van der Waals surface area contributed by atoms with E-state index >= 15 is 0 Å². The van der Waals surface area contributed by atoms with E-state index < -0.39 is 7.82 Å². The minimum absolute atomic E-state index is 0. The summed E-state index contributed by atoms with van der Waals surface area (Å²) < 4.78 is 14.6. The van der Waals surface area contributed by atoms with Crippen molar-refractivity contribution in [2.75, 3.05) is 13.1 Å². The van der Waals surface area contributed by atoms with Crippen LogP contribution in [0.1, 0.15) is 6.42 Å². The van der Waals surface area contributed by atoms with Crippen molar-refractivity contribution >= 4 is 7.82 Å². The van der Waals surface area contributed by atoms with Gasteiger partial charge in [-0.1, -0.05) is 0 Å². The summed E-state index contributed by atoms with van der Waals surface area (Å²) in [5.74, 6) is 0. The van der Waals surface area contributed by atoms with Gasteiger partial charge in [-0.15, -0.1) is 0 Å². The molecule has 68 valence electrons. The first-order valence-corrected chi connectivity index (χ1v) is 4.55. The number of nitrogens with one attached hydrogen (secondary N) is 1. The Bertz CT molecular complexity index is 152.